The highest BCUT2D eigenvalue weighted by atomic mass is 32.2. The van der Waals surface area contributed by atoms with Crippen molar-refractivity contribution in [3.05, 3.63) is 59.9 Å². The number of anilines is 2. The number of amides is 2. The van der Waals surface area contributed by atoms with Crippen LogP contribution in [0, 0.1) is 5.82 Å². The number of halogens is 1. The van der Waals surface area contributed by atoms with Crippen LogP contribution >= 0.6 is 0 Å². The number of hydrogen-bond donors (Lipinski definition) is 2. The first-order valence-corrected chi connectivity index (χ1v) is 9.95. The van der Waals surface area contributed by atoms with Crippen LogP contribution in [0.1, 0.15) is 23.7 Å². The van der Waals surface area contributed by atoms with Gasteiger partial charge in [0.2, 0.25) is 15.9 Å². The fraction of sp³-hybridized carbons (Fsp3) is 0.222. The van der Waals surface area contributed by atoms with E-state index in [1.54, 1.807) is 19.1 Å². The van der Waals surface area contributed by atoms with Crippen molar-refractivity contribution in [1.29, 1.82) is 0 Å². The van der Waals surface area contributed by atoms with Crippen LogP contribution in [-0.2, 0) is 14.8 Å². The van der Waals surface area contributed by atoms with E-state index in [0.29, 0.717) is 0 Å². The van der Waals surface area contributed by atoms with E-state index in [1.165, 1.54) is 30.3 Å². The van der Waals surface area contributed by atoms with E-state index < -0.39 is 33.7 Å². The second-order valence-corrected chi connectivity index (χ2v) is 7.69. The molecule has 144 valence electrons. The Morgan fingerprint density at radius 3 is 2.30 bits per heavy atom. The summed E-state index contributed by atoms with van der Waals surface area (Å²) < 4.78 is 39.6. The molecule has 0 unspecified atom stereocenters. The molecule has 0 radical (unpaired) electrons. The van der Waals surface area contributed by atoms with Gasteiger partial charge in [0.05, 0.1) is 23.2 Å². The lowest BCUT2D eigenvalue weighted by Crippen LogP contribution is -2.47. The standard InChI is InChI=1S/C18H20FN3O4S/c1-3-15(18(24)21-14-10-6-4-8-12(14)17(20)23)22(27(2,25)26)16-11-7-5-9-13(16)19/h4-11,15H,3H2,1-2H3,(H2,20,23)(H,21,24)/t15-/m1/s1. The minimum atomic E-state index is -3.97. The molecule has 0 saturated heterocycles. The summed E-state index contributed by atoms with van der Waals surface area (Å²) in [7, 11) is -3.97. The van der Waals surface area contributed by atoms with Gasteiger partial charge in [0, 0.05) is 0 Å². The van der Waals surface area contributed by atoms with Gasteiger partial charge in [-0.1, -0.05) is 31.2 Å². The number of nitrogens with one attached hydrogen (secondary N) is 1. The van der Waals surface area contributed by atoms with Crippen LogP contribution in [0.15, 0.2) is 48.5 Å². The molecule has 0 spiro atoms. The van der Waals surface area contributed by atoms with Crippen molar-refractivity contribution >= 4 is 33.2 Å². The molecule has 0 aromatic heterocycles. The Morgan fingerprint density at radius 2 is 1.74 bits per heavy atom. The lowest BCUT2D eigenvalue weighted by atomic mass is 10.1. The number of nitrogens with zero attached hydrogens (tertiary/aromatic N) is 1. The maximum Gasteiger partial charge on any atom is 0.250 e. The van der Waals surface area contributed by atoms with Gasteiger partial charge >= 0.3 is 0 Å². The number of hydrogen-bond acceptors (Lipinski definition) is 4. The highest BCUT2D eigenvalue weighted by molar-refractivity contribution is 7.92. The maximum absolute atomic E-state index is 14.2. The molecule has 0 saturated carbocycles. The fourth-order valence-electron chi connectivity index (χ4n) is 2.69. The number of primary amides is 1. The zero-order chi connectivity index (χ0) is 20.2. The molecule has 0 aliphatic heterocycles. The molecule has 0 aliphatic rings. The van der Waals surface area contributed by atoms with Crippen LogP contribution in [0.4, 0.5) is 15.8 Å². The summed E-state index contributed by atoms with van der Waals surface area (Å²) in [6.07, 6.45) is 0.971. The number of carbonyl (C=O) groups is 2. The van der Waals surface area contributed by atoms with Gasteiger partial charge in [-0.2, -0.15) is 0 Å². The molecule has 2 aromatic rings. The summed E-state index contributed by atoms with van der Waals surface area (Å²) in [5, 5.41) is 2.52. The van der Waals surface area contributed by atoms with Crippen LogP contribution in [0.3, 0.4) is 0 Å². The molecule has 0 aliphatic carbocycles. The maximum atomic E-state index is 14.2. The zero-order valence-electron chi connectivity index (χ0n) is 14.8. The second-order valence-electron chi connectivity index (χ2n) is 5.83. The van der Waals surface area contributed by atoms with E-state index >= 15 is 0 Å². The summed E-state index contributed by atoms with van der Waals surface area (Å²) in [4.78, 5) is 24.3. The predicted molar refractivity (Wildman–Crippen MR) is 101 cm³/mol. The second kappa shape index (κ2) is 8.17. The molecule has 27 heavy (non-hydrogen) atoms. The number of benzene rings is 2. The zero-order valence-corrected chi connectivity index (χ0v) is 15.7. The first-order chi connectivity index (χ1) is 12.7. The summed E-state index contributed by atoms with van der Waals surface area (Å²) in [6, 6.07) is 10.1. The average Bonchev–Trinajstić information content (AvgIpc) is 2.59. The van der Waals surface area contributed by atoms with E-state index in [1.807, 2.05) is 0 Å². The van der Waals surface area contributed by atoms with Crippen molar-refractivity contribution in [1.82, 2.24) is 0 Å². The van der Waals surface area contributed by atoms with Gasteiger partial charge in [-0.05, 0) is 30.7 Å². The van der Waals surface area contributed by atoms with Crippen molar-refractivity contribution in [3.8, 4) is 0 Å². The minimum absolute atomic E-state index is 0.0754. The van der Waals surface area contributed by atoms with Crippen molar-refractivity contribution in [2.75, 3.05) is 15.9 Å². The number of carbonyl (C=O) groups excluding carboxylic acids is 2. The first kappa shape index (κ1) is 20.4. The Balaban J connectivity index is 2.45. The number of para-hydroxylation sites is 2. The van der Waals surface area contributed by atoms with Crippen LogP contribution in [0.25, 0.3) is 0 Å². The van der Waals surface area contributed by atoms with Crippen molar-refractivity contribution in [2.24, 2.45) is 5.73 Å². The third kappa shape index (κ3) is 4.62. The third-order valence-electron chi connectivity index (χ3n) is 3.87. The summed E-state index contributed by atoms with van der Waals surface area (Å²) >= 11 is 0. The Bertz CT molecular complexity index is 963. The van der Waals surface area contributed by atoms with Crippen LogP contribution in [-0.4, -0.2) is 32.5 Å². The fourth-order valence-corrected chi connectivity index (χ4v) is 3.90. The normalized spacial score (nSPS) is 12.3. The van der Waals surface area contributed by atoms with Gasteiger partial charge in [-0.3, -0.25) is 13.9 Å². The van der Waals surface area contributed by atoms with Crippen LogP contribution < -0.4 is 15.4 Å². The van der Waals surface area contributed by atoms with Gasteiger partial charge in [0.15, 0.2) is 0 Å². The van der Waals surface area contributed by atoms with Gasteiger partial charge in [-0.25, -0.2) is 12.8 Å². The quantitative estimate of drug-likeness (QED) is 0.751. The molecular weight excluding hydrogens is 373 g/mol. The Labute approximate surface area is 157 Å². The van der Waals surface area contributed by atoms with Crippen molar-refractivity contribution in [3.63, 3.8) is 0 Å². The van der Waals surface area contributed by atoms with E-state index in [-0.39, 0.29) is 23.4 Å². The molecule has 2 rings (SSSR count). The Hall–Kier alpha value is -2.94. The van der Waals surface area contributed by atoms with Crippen molar-refractivity contribution < 1.29 is 22.4 Å². The first-order valence-electron chi connectivity index (χ1n) is 8.10. The van der Waals surface area contributed by atoms with Gasteiger partial charge in [-0.15, -0.1) is 0 Å². The molecule has 3 N–H and O–H groups in total. The highest BCUT2D eigenvalue weighted by Gasteiger charge is 2.33. The molecule has 2 aromatic carbocycles. The molecular formula is C18H20FN3O4S. The topological polar surface area (TPSA) is 110 Å². The summed E-state index contributed by atoms with van der Waals surface area (Å²) in [6.45, 7) is 1.60. The largest absolute Gasteiger partial charge is 0.366 e. The third-order valence-corrected chi connectivity index (χ3v) is 5.04. The van der Waals surface area contributed by atoms with Gasteiger partial charge in [0.1, 0.15) is 11.9 Å². The average molecular weight is 393 g/mol. The Morgan fingerprint density at radius 1 is 1.15 bits per heavy atom. The number of nitrogens with two attached hydrogens (primary N) is 1. The van der Waals surface area contributed by atoms with Gasteiger partial charge in [0.25, 0.3) is 5.91 Å². The molecule has 2 amide bonds. The number of rotatable bonds is 7. The Kier molecular flexibility index (Phi) is 6.17. The molecule has 9 heteroatoms. The van der Waals surface area contributed by atoms with E-state index in [9.17, 15) is 22.4 Å². The molecule has 0 heterocycles. The summed E-state index contributed by atoms with van der Waals surface area (Å²) in [5.41, 5.74) is 5.29. The molecule has 1 atom stereocenters. The van der Waals surface area contributed by atoms with E-state index in [2.05, 4.69) is 5.32 Å². The van der Waals surface area contributed by atoms with Gasteiger partial charge < -0.3 is 11.1 Å². The number of sulfonamides is 1. The van der Waals surface area contributed by atoms with E-state index in [4.69, 9.17) is 5.73 Å². The highest BCUT2D eigenvalue weighted by Crippen LogP contribution is 2.26. The lowest BCUT2D eigenvalue weighted by molar-refractivity contribution is -0.117. The monoisotopic (exact) mass is 393 g/mol. The predicted octanol–water partition coefficient (Wildman–Crippen LogP) is 2.11. The molecule has 7 nitrogen and oxygen atoms in total. The smallest absolute Gasteiger partial charge is 0.250 e. The van der Waals surface area contributed by atoms with E-state index in [0.717, 1.165) is 16.6 Å². The minimum Gasteiger partial charge on any atom is -0.366 e. The van der Waals surface area contributed by atoms with Crippen LogP contribution in [0.5, 0.6) is 0 Å². The SMILES string of the molecule is CC[C@H](C(=O)Nc1ccccc1C(N)=O)N(c1ccccc1F)S(C)(=O)=O. The summed E-state index contributed by atoms with van der Waals surface area (Å²) in [5.74, 6) is -2.22. The van der Waals surface area contributed by atoms with Crippen LogP contribution in [0.2, 0.25) is 0 Å². The lowest BCUT2D eigenvalue weighted by Gasteiger charge is -2.30. The van der Waals surface area contributed by atoms with Crippen molar-refractivity contribution in [2.45, 2.75) is 19.4 Å². The molecule has 0 fully saturated rings. The molecule has 0 bridgehead atoms.